The van der Waals surface area contributed by atoms with Crippen molar-refractivity contribution in [3.8, 4) is 0 Å². The van der Waals surface area contributed by atoms with Crippen LogP contribution in [0.2, 0.25) is 0 Å². The average Bonchev–Trinajstić information content (AvgIpc) is 2.87. The Bertz CT molecular complexity index is 572. The van der Waals surface area contributed by atoms with Gasteiger partial charge in [0.15, 0.2) is 5.69 Å². The van der Waals surface area contributed by atoms with Crippen molar-refractivity contribution in [2.24, 2.45) is 0 Å². The lowest BCUT2D eigenvalue weighted by molar-refractivity contribution is 0.0929. The van der Waals surface area contributed by atoms with Crippen molar-refractivity contribution in [2.45, 2.75) is 26.8 Å². The van der Waals surface area contributed by atoms with Crippen molar-refractivity contribution in [2.75, 3.05) is 5.73 Å². The highest BCUT2D eigenvalue weighted by Gasteiger charge is 2.20. The van der Waals surface area contributed by atoms with Crippen LogP contribution in [-0.4, -0.2) is 21.1 Å². The Morgan fingerprint density at radius 1 is 1.56 bits per heavy atom. The number of nitrogen functional groups attached to an aromatic ring is 1. The average molecular weight is 249 g/mol. The van der Waals surface area contributed by atoms with E-state index in [2.05, 4.69) is 20.5 Å². The summed E-state index contributed by atoms with van der Waals surface area (Å²) in [6, 6.07) is -0.345. The lowest BCUT2D eigenvalue weighted by atomic mass is 10.2. The first kappa shape index (κ1) is 12.2. The largest absolute Gasteiger partial charge is 0.444 e. The van der Waals surface area contributed by atoms with E-state index >= 15 is 0 Å². The summed E-state index contributed by atoms with van der Waals surface area (Å²) in [5.41, 5.74) is 6.93. The first-order valence-corrected chi connectivity index (χ1v) is 5.52. The molecule has 7 heteroatoms. The van der Waals surface area contributed by atoms with Gasteiger partial charge in [-0.2, -0.15) is 5.10 Å². The maximum absolute atomic E-state index is 11.9. The van der Waals surface area contributed by atoms with Gasteiger partial charge in [-0.15, -0.1) is 0 Å². The number of H-pyrrole nitrogens is 1. The molecule has 2 aromatic rings. The fraction of sp³-hybridized carbons (Fsp3) is 0.364. The molecule has 18 heavy (non-hydrogen) atoms. The van der Waals surface area contributed by atoms with Crippen LogP contribution in [0.15, 0.2) is 10.6 Å². The molecule has 0 saturated carbocycles. The van der Waals surface area contributed by atoms with Crippen LogP contribution in [0.5, 0.6) is 0 Å². The number of anilines is 1. The minimum atomic E-state index is -0.361. The van der Waals surface area contributed by atoms with Gasteiger partial charge in [-0.3, -0.25) is 9.89 Å². The zero-order valence-electron chi connectivity index (χ0n) is 10.4. The van der Waals surface area contributed by atoms with Gasteiger partial charge in [0.05, 0.1) is 17.6 Å². The second-order valence-corrected chi connectivity index (χ2v) is 4.12. The molecule has 0 aliphatic heterocycles. The quantitative estimate of drug-likeness (QED) is 0.754. The number of rotatable bonds is 3. The van der Waals surface area contributed by atoms with Gasteiger partial charge < -0.3 is 15.5 Å². The first-order chi connectivity index (χ1) is 8.49. The molecule has 2 aromatic heterocycles. The molecule has 2 rings (SSSR count). The second kappa shape index (κ2) is 4.52. The third-order valence-electron chi connectivity index (χ3n) is 2.57. The molecule has 0 saturated heterocycles. The lowest BCUT2D eigenvalue weighted by Crippen LogP contribution is -2.27. The molecule has 1 amide bonds. The van der Waals surface area contributed by atoms with Crippen LogP contribution in [-0.2, 0) is 0 Å². The Labute approximate surface area is 104 Å². The van der Waals surface area contributed by atoms with Gasteiger partial charge in [-0.1, -0.05) is 0 Å². The maximum Gasteiger partial charge on any atom is 0.274 e. The van der Waals surface area contributed by atoms with E-state index in [1.807, 2.05) is 0 Å². The summed E-state index contributed by atoms with van der Waals surface area (Å²) >= 11 is 0. The summed E-state index contributed by atoms with van der Waals surface area (Å²) < 4.78 is 5.33. The van der Waals surface area contributed by atoms with Crippen LogP contribution >= 0.6 is 0 Å². The van der Waals surface area contributed by atoms with Crippen LogP contribution in [0.3, 0.4) is 0 Å². The number of nitrogens with one attached hydrogen (secondary N) is 2. The molecule has 2 heterocycles. The Hall–Kier alpha value is -2.31. The van der Waals surface area contributed by atoms with Crippen molar-refractivity contribution >= 4 is 11.6 Å². The number of nitrogens with zero attached hydrogens (tertiary/aromatic N) is 2. The summed E-state index contributed by atoms with van der Waals surface area (Å²) in [4.78, 5) is 16.0. The number of oxazole rings is 1. The smallest absolute Gasteiger partial charge is 0.274 e. The fourth-order valence-corrected chi connectivity index (χ4v) is 1.51. The molecule has 0 aliphatic rings. The lowest BCUT2D eigenvalue weighted by Gasteiger charge is -2.09. The van der Waals surface area contributed by atoms with Crippen molar-refractivity contribution in [3.63, 3.8) is 0 Å². The number of amides is 1. The normalized spacial score (nSPS) is 12.4. The van der Waals surface area contributed by atoms with Gasteiger partial charge in [0, 0.05) is 0 Å². The number of carbonyl (C=O) groups excluding carboxylic acids is 1. The van der Waals surface area contributed by atoms with Crippen LogP contribution in [0, 0.1) is 13.8 Å². The zero-order valence-corrected chi connectivity index (χ0v) is 10.4. The topological polar surface area (TPSA) is 110 Å². The molecule has 4 N–H and O–H groups in total. The molecule has 0 aromatic carbocycles. The number of aromatic nitrogens is 3. The molecular weight excluding hydrogens is 234 g/mol. The summed E-state index contributed by atoms with van der Waals surface area (Å²) in [7, 11) is 0. The van der Waals surface area contributed by atoms with Gasteiger partial charge in [-0.25, -0.2) is 4.98 Å². The van der Waals surface area contributed by atoms with E-state index in [1.165, 1.54) is 0 Å². The predicted molar refractivity (Wildman–Crippen MR) is 64.9 cm³/mol. The Morgan fingerprint density at radius 3 is 2.78 bits per heavy atom. The highest BCUT2D eigenvalue weighted by Crippen LogP contribution is 2.16. The van der Waals surface area contributed by atoms with E-state index in [0.717, 1.165) is 0 Å². The van der Waals surface area contributed by atoms with Crippen molar-refractivity contribution in [1.29, 1.82) is 0 Å². The van der Waals surface area contributed by atoms with Crippen LogP contribution in [0.25, 0.3) is 0 Å². The van der Waals surface area contributed by atoms with E-state index in [0.29, 0.717) is 23.0 Å². The predicted octanol–water partition coefficient (Wildman–Crippen LogP) is 1.09. The molecule has 96 valence electrons. The van der Waals surface area contributed by atoms with Gasteiger partial charge in [0.25, 0.3) is 5.91 Å². The number of aryl methyl sites for hydroxylation is 2. The number of carbonyl (C=O) groups is 1. The molecule has 0 aliphatic carbocycles. The zero-order chi connectivity index (χ0) is 13.3. The molecule has 1 atom stereocenters. The molecule has 7 nitrogen and oxygen atoms in total. The van der Waals surface area contributed by atoms with Crippen molar-refractivity contribution in [3.05, 3.63) is 29.2 Å². The summed E-state index contributed by atoms with van der Waals surface area (Å²) in [6.07, 6.45) is 1.60. The first-order valence-electron chi connectivity index (χ1n) is 5.52. The summed E-state index contributed by atoms with van der Waals surface area (Å²) in [5.74, 6) is 0.785. The minimum Gasteiger partial charge on any atom is -0.444 e. The molecule has 1 unspecified atom stereocenters. The van der Waals surface area contributed by atoms with Crippen molar-refractivity contribution < 1.29 is 9.21 Å². The molecule has 0 spiro atoms. The molecule has 0 fully saturated rings. The van der Waals surface area contributed by atoms with Gasteiger partial charge in [0.2, 0.25) is 5.89 Å². The van der Waals surface area contributed by atoms with E-state index in [-0.39, 0.29) is 17.6 Å². The van der Waals surface area contributed by atoms with Crippen LogP contribution in [0.1, 0.15) is 40.8 Å². The van der Waals surface area contributed by atoms with Crippen LogP contribution in [0.4, 0.5) is 5.69 Å². The summed E-state index contributed by atoms with van der Waals surface area (Å²) in [5, 5.41) is 9.24. The number of hydrogen-bond donors (Lipinski definition) is 3. The molecule has 0 radical (unpaired) electrons. The minimum absolute atomic E-state index is 0.183. The molecule has 0 bridgehead atoms. The third kappa shape index (κ3) is 2.20. The van der Waals surface area contributed by atoms with E-state index in [9.17, 15) is 4.79 Å². The van der Waals surface area contributed by atoms with Gasteiger partial charge >= 0.3 is 0 Å². The SMILES string of the molecule is Cc1cnc(C(C)NC(=O)c2n[nH]c(C)c2N)o1. The maximum atomic E-state index is 11.9. The Morgan fingerprint density at radius 2 is 2.28 bits per heavy atom. The van der Waals surface area contributed by atoms with E-state index < -0.39 is 0 Å². The number of nitrogens with two attached hydrogens (primary N) is 1. The molecular formula is C11H15N5O2. The van der Waals surface area contributed by atoms with Gasteiger partial charge in [-0.05, 0) is 20.8 Å². The fourth-order valence-electron chi connectivity index (χ4n) is 1.51. The standard InChI is InChI=1S/C11H15N5O2/c1-5-4-13-11(18-5)7(3)14-10(17)9-8(12)6(2)15-16-9/h4,7H,12H2,1-3H3,(H,14,17)(H,15,16). The summed E-state index contributed by atoms with van der Waals surface area (Å²) in [6.45, 7) is 5.32. The van der Waals surface area contributed by atoms with E-state index in [4.69, 9.17) is 10.2 Å². The highest BCUT2D eigenvalue weighted by molar-refractivity contribution is 5.97. The van der Waals surface area contributed by atoms with Gasteiger partial charge in [0.1, 0.15) is 11.8 Å². The highest BCUT2D eigenvalue weighted by atomic mass is 16.4. The Kier molecular flexibility index (Phi) is 3.05. The van der Waals surface area contributed by atoms with Crippen LogP contribution < -0.4 is 11.1 Å². The number of hydrogen-bond acceptors (Lipinski definition) is 5. The third-order valence-corrected chi connectivity index (χ3v) is 2.57. The van der Waals surface area contributed by atoms with Crippen molar-refractivity contribution in [1.82, 2.24) is 20.5 Å². The Balaban J connectivity index is 2.10. The number of aromatic amines is 1. The second-order valence-electron chi connectivity index (χ2n) is 4.12. The van der Waals surface area contributed by atoms with E-state index in [1.54, 1.807) is 27.0 Å². The monoisotopic (exact) mass is 249 g/mol.